The largest absolute Gasteiger partial charge is 0.490 e. The molecule has 14 heteroatoms. The quantitative estimate of drug-likeness (QED) is 0.138. The van der Waals surface area contributed by atoms with Crippen LogP contribution in [0.5, 0.6) is 23.0 Å². The maximum Gasteiger partial charge on any atom is 0.144 e. The molecule has 0 saturated heterocycles. The normalized spacial score (nSPS) is 16.2. The molecule has 4 aromatic heterocycles. The number of para-hydroxylation sites is 8. The molecule has 0 amide bonds. The van der Waals surface area contributed by atoms with E-state index in [0.29, 0.717) is 52.6 Å². The Morgan fingerprint density at radius 3 is 0.808 bits per heavy atom. The molecule has 14 nitrogen and oxygen atoms in total. The van der Waals surface area contributed by atoms with Gasteiger partial charge < -0.3 is 38.9 Å². The number of aliphatic imine (C=N–C) groups is 4. The smallest absolute Gasteiger partial charge is 0.144 e. The lowest BCUT2D eigenvalue weighted by atomic mass is 9.76. The van der Waals surface area contributed by atoms with Crippen LogP contribution in [0.25, 0.3) is 0 Å². The van der Waals surface area contributed by atoms with Crippen LogP contribution < -0.4 is 18.9 Å². The van der Waals surface area contributed by atoms with Gasteiger partial charge in [0.05, 0.1) is 47.6 Å². The zero-order valence-electron chi connectivity index (χ0n) is 46.0. The molecule has 5 heterocycles. The lowest BCUT2D eigenvalue weighted by Gasteiger charge is -2.30. The number of aromatic nitrogens is 4. The van der Waals surface area contributed by atoms with Crippen LogP contribution in [0.2, 0.25) is 0 Å². The third-order valence-electron chi connectivity index (χ3n) is 15.1. The standard InChI is InChI=1S/C64H74N10O4/c1-7-63(8-2)59-31-27-47(69-59)43-65-51-19-11-15-23-55(51)75-39-35-73(5)37-41-77-57-25-17-13-21-53(57)67-45-49-29-33-61(71-49)64(9-3,10-4)62-34-30-50(72-62)46-68-54-22-14-18-26-58(54)78-42-38-74(6)36-40-76-56-24-16-12-20-52(56)66-44-48-28-32-60(63)70-48/h11-34,43-46,69-72H,7-10,35-42H2,1-6H3. The number of nitrogens with zero attached hydrogens (tertiary/aromatic N) is 6. The van der Waals surface area contributed by atoms with Gasteiger partial charge >= 0.3 is 0 Å². The van der Waals surface area contributed by atoms with Crippen LogP contribution in [-0.4, -0.2) is 121 Å². The highest BCUT2D eigenvalue weighted by Crippen LogP contribution is 2.40. The molecule has 0 fully saturated rings. The molecule has 4 aromatic carbocycles. The maximum atomic E-state index is 6.32. The fourth-order valence-corrected chi connectivity index (χ4v) is 10.1. The van der Waals surface area contributed by atoms with E-state index in [1.165, 1.54) is 0 Å². The van der Waals surface area contributed by atoms with Crippen LogP contribution >= 0.6 is 0 Å². The summed E-state index contributed by atoms with van der Waals surface area (Å²) in [6, 6.07) is 48.7. The van der Waals surface area contributed by atoms with E-state index in [1.54, 1.807) is 0 Å². The van der Waals surface area contributed by atoms with E-state index >= 15 is 0 Å². The first kappa shape index (κ1) is 54.6. The molecule has 0 unspecified atom stereocenters. The second kappa shape index (κ2) is 26.2. The van der Waals surface area contributed by atoms with E-state index in [1.807, 2.05) is 122 Å². The molecule has 78 heavy (non-hydrogen) atoms. The summed E-state index contributed by atoms with van der Waals surface area (Å²) >= 11 is 0. The molecule has 1 aliphatic rings. The zero-order chi connectivity index (χ0) is 54.2. The molecule has 8 bridgehead atoms. The summed E-state index contributed by atoms with van der Waals surface area (Å²) < 4.78 is 25.3. The number of benzene rings is 4. The molecular formula is C64H74N10O4. The number of ether oxygens (including phenoxy) is 4. The SMILES string of the molecule is CCC1(CC)c2ccc([nH]2)C=Nc2ccccc2OCCN(C)CCOc2ccccc2N=Cc2ccc([nH]2)C(CC)(CC)c2ccc([nH]2)C=Nc2ccccc2OCCN(C)CCOc2ccccc2N=Cc2ccc1[nH]2. The van der Waals surface area contributed by atoms with Crippen molar-refractivity contribution in [2.75, 3.05) is 66.7 Å². The molecule has 0 radical (unpaired) electrons. The van der Waals surface area contributed by atoms with Crippen molar-refractivity contribution in [2.45, 2.75) is 64.2 Å². The number of aromatic amines is 4. The average Bonchev–Trinajstić information content (AvgIpc) is 4.40. The first-order valence-electron chi connectivity index (χ1n) is 27.4. The Balaban J connectivity index is 0.929. The minimum absolute atomic E-state index is 0.271. The van der Waals surface area contributed by atoms with Crippen LogP contribution in [0, 0.1) is 0 Å². The van der Waals surface area contributed by atoms with Crippen LogP contribution in [0.4, 0.5) is 22.7 Å². The number of hydrogen-bond donors (Lipinski definition) is 4. The summed E-state index contributed by atoms with van der Waals surface area (Å²) in [5, 5.41) is 0. The van der Waals surface area contributed by atoms with Crippen molar-refractivity contribution in [3.05, 3.63) is 191 Å². The first-order valence-corrected chi connectivity index (χ1v) is 27.4. The highest BCUT2D eigenvalue weighted by molar-refractivity contribution is 5.83. The molecule has 4 N–H and O–H groups in total. The summed E-state index contributed by atoms with van der Waals surface area (Å²) in [5.74, 6) is 2.92. The number of fused-ring (bicyclic) bond motifs is 12. The third kappa shape index (κ3) is 13.1. The van der Waals surface area contributed by atoms with E-state index in [4.69, 9.17) is 38.9 Å². The van der Waals surface area contributed by atoms with Gasteiger partial charge in [-0.1, -0.05) is 76.2 Å². The Labute approximate surface area is 459 Å². The highest BCUT2D eigenvalue weighted by atomic mass is 16.5. The molecular weight excluding hydrogens is 973 g/mol. The van der Waals surface area contributed by atoms with Crippen LogP contribution in [-0.2, 0) is 10.8 Å². The lowest BCUT2D eigenvalue weighted by molar-refractivity contribution is 0.202. The molecule has 8 aromatic rings. The summed E-state index contributed by atoms with van der Waals surface area (Å²) in [4.78, 5) is 38.7. The fraction of sp³-hybridized carbons (Fsp3) is 0.312. The van der Waals surface area contributed by atoms with E-state index in [2.05, 4.69) is 120 Å². The second-order valence-corrected chi connectivity index (χ2v) is 19.8. The molecule has 1 aliphatic heterocycles. The predicted octanol–water partition coefficient (Wildman–Crippen LogP) is 13.3. The number of hydrogen-bond acceptors (Lipinski definition) is 10. The minimum atomic E-state index is -0.271. The Bertz CT molecular complexity index is 2870. The zero-order valence-corrected chi connectivity index (χ0v) is 46.0. The van der Waals surface area contributed by atoms with Crippen molar-refractivity contribution in [3.63, 3.8) is 0 Å². The number of H-pyrrole nitrogens is 4. The van der Waals surface area contributed by atoms with Crippen LogP contribution in [0.3, 0.4) is 0 Å². The highest BCUT2D eigenvalue weighted by Gasteiger charge is 2.35. The van der Waals surface area contributed by atoms with Crippen molar-refractivity contribution in [1.82, 2.24) is 29.7 Å². The van der Waals surface area contributed by atoms with Crippen LogP contribution in [0.15, 0.2) is 166 Å². The lowest BCUT2D eigenvalue weighted by Crippen LogP contribution is -2.28. The van der Waals surface area contributed by atoms with Crippen molar-refractivity contribution >= 4 is 47.6 Å². The number of rotatable bonds is 4. The van der Waals surface area contributed by atoms with Crippen LogP contribution in [0.1, 0.15) is 98.9 Å². The molecule has 0 saturated carbocycles. The van der Waals surface area contributed by atoms with Gasteiger partial charge in [-0.25, -0.2) is 0 Å². The van der Waals surface area contributed by atoms with Gasteiger partial charge in [-0.2, -0.15) is 0 Å². The summed E-state index contributed by atoms with van der Waals surface area (Å²) in [7, 11) is 4.15. The van der Waals surface area contributed by atoms with E-state index in [9.17, 15) is 0 Å². The fourth-order valence-electron chi connectivity index (χ4n) is 10.1. The van der Waals surface area contributed by atoms with Gasteiger partial charge in [0.15, 0.2) is 0 Å². The molecule has 0 aliphatic carbocycles. The van der Waals surface area contributed by atoms with Gasteiger partial charge in [0.2, 0.25) is 0 Å². The van der Waals surface area contributed by atoms with Gasteiger partial charge in [0, 0.05) is 59.8 Å². The Hall–Kier alpha value is -8.20. The number of nitrogens with one attached hydrogen (secondary N) is 4. The second-order valence-electron chi connectivity index (χ2n) is 19.8. The van der Waals surface area contributed by atoms with E-state index < -0.39 is 0 Å². The first-order chi connectivity index (χ1) is 38.2. The predicted molar refractivity (Wildman–Crippen MR) is 318 cm³/mol. The Morgan fingerprint density at radius 2 is 0.577 bits per heavy atom. The molecule has 0 atom stereocenters. The average molecular weight is 1050 g/mol. The molecule has 0 spiro atoms. The van der Waals surface area contributed by atoms with E-state index in [-0.39, 0.29) is 10.8 Å². The molecule has 9 rings (SSSR count). The van der Waals surface area contributed by atoms with Crippen molar-refractivity contribution < 1.29 is 18.9 Å². The number of likely N-dealkylation sites (N-methyl/N-ethyl adjacent to an activating group) is 2. The monoisotopic (exact) mass is 1050 g/mol. The van der Waals surface area contributed by atoms with Gasteiger partial charge in [0.25, 0.3) is 0 Å². The van der Waals surface area contributed by atoms with Gasteiger partial charge in [-0.15, -0.1) is 0 Å². The van der Waals surface area contributed by atoms with Gasteiger partial charge in [0.1, 0.15) is 72.2 Å². The third-order valence-corrected chi connectivity index (χ3v) is 15.1. The minimum Gasteiger partial charge on any atom is -0.490 e. The van der Waals surface area contributed by atoms with Gasteiger partial charge in [-0.05, 0) is 137 Å². The van der Waals surface area contributed by atoms with Crippen molar-refractivity contribution in [3.8, 4) is 23.0 Å². The summed E-state index contributed by atoms with van der Waals surface area (Å²) in [5.41, 5.74) is 10.6. The van der Waals surface area contributed by atoms with E-state index in [0.717, 1.165) is 117 Å². The summed E-state index contributed by atoms with van der Waals surface area (Å²) in [6.07, 6.45) is 11.1. The summed E-state index contributed by atoms with van der Waals surface area (Å²) in [6.45, 7) is 13.7. The van der Waals surface area contributed by atoms with Gasteiger partial charge in [-0.3, -0.25) is 29.8 Å². The Morgan fingerprint density at radius 1 is 0.346 bits per heavy atom. The van der Waals surface area contributed by atoms with Crippen molar-refractivity contribution in [1.29, 1.82) is 0 Å². The maximum absolute atomic E-state index is 6.32. The van der Waals surface area contributed by atoms with Crippen molar-refractivity contribution in [2.24, 2.45) is 20.0 Å². The molecule has 404 valence electrons. The Kier molecular flexibility index (Phi) is 18.4. The topological polar surface area (TPSA) is 156 Å².